The summed E-state index contributed by atoms with van der Waals surface area (Å²) in [5, 5.41) is 0. The van der Waals surface area contributed by atoms with Crippen molar-refractivity contribution in [1.82, 2.24) is 19.8 Å². The smallest absolute Gasteiger partial charge is 0.257 e. The van der Waals surface area contributed by atoms with Crippen LogP contribution in [-0.2, 0) is 4.74 Å². The molecule has 0 saturated carbocycles. The van der Waals surface area contributed by atoms with Crippen LogP contribution in [0, 0.1) is 12.8 Å². The normalized spacial score (nSPS) is 24.9. The van der Waals surface area contributed by atoms with Crippen LogP contribution < -0.4 is 0 Å². The van der Waals surface area contributed by atoms with Crippen molar-refractivity contribution in [1.29, 1.82) is 0 Å². The van der Waals surface area contributed by atoms with E-state index in [0.717, 1.165) is 57.3 Å². The van der Waals surface area contributed by atoms with E-state index in [0.29, 0.717) is 17.5 Å². The number of ether oxygens (including phenoxy) is 1. The average molecular weight is 346 g/mol. The number of likely N-dealkylation sites (tertiary alicyclic amines) is 1. The highest BCUT2D eigenvalue weighted by Crippen LogP contribution is 2.28. The summed E-state index contributed by atoms with van der Waals surface area (Å²) >= 11 is 0. The molecule has 0 unspecified atom stereocenters. The van der Waals surface area contributed by atoms with Crippen molar-refractivity contribution in [2.45, 2.75) is 46.1 Å². The lowest BCUT2D eigenvalue weighted by atomic mass is 9.99. The van der Waals surface area contributed by atoms with Crippen LogP contribution in [0.1, 0.15) is 55.0 Å². The summed E-state index contributed by atoms with van der Waals surface area (Å²) in [6.45, 7) is 13.4. The van der Waals surface area contributed by atoms with Gasteiger partial charge in [0.15, 0.2) is 0 Å². The molecule has 2 aliphatic heterocycles. The molecule has 0 spiro atoms. The van der Waals surface area contributed by atoms with Crippen molar-refractivity contribution in [3.05, 3.63) is 23.3 Å². The molecular weight excluding hydrogens is 316 g/mol. The van der Waals surface area contributed by atoms with Crippen LogP contribution >= 0.6 is 0 Å². The second kappa shape index (κ2) is 7.79. The molecule has 0 N–H and O–H groups in total. The maximum absolute atomic E-state index is 13.2. The Labute approximate surface area is 150 Å². The monoisotopic (exact) mass is 346 g/mol. The summed E-state index contributed by atoms with van der Waals surface area (Å²) in [4.78, 5) is 26.5. The fraction of sp³-hybridized carbons (Fsp3) is 0.737. The summed E-state index contributed by atoms with van der Waals surface area (Å²) in [6.07, 6.45) is 2.80. The molecule has 6 heteroatoms. The molecule has 3 heterocycles. The Morgan fingerprint density at radius 2 is 2.04 bits per heavy atom. The summed E-state index contributed by atoms with van der Waals surface area (Å²) in [6, 6.07) is 0.437. The zero-order valence-corrected chi connectivity index (χ0v) is 15.9. The maximum atomic E-state index is 13.2. The van der Waals surface area contributed by atoms with Gasteiger partial charge in [-0.05, 0) is 18.8 Å². The van der Waals surface area contributed by atoms with Gasteiger partial charge < -0.3 is 9.64 Å². The molecule has 3 rings (SSSR count). The third-order valence-electron chi connectivity index (χ3n) is 5.45. The number of nitrogens with zero attached hydrogens (tertiary/aromatic N) is 4. The van der Waals surface area contributed by atoms with Crippen LogP contribution in [0.15, 0.2) is 6.20 Å². The van der Waals surface area contributed by atoms with Gasteiger partial charge in [-0.3, -0.25) is 9.69 Å². The molecule has 2 atom stereocenters. The van der Waals surface area contributed by atoms with E-state index in [9.17, 15) is 4.79 Å². The topological polar surface area (TPSA) is 58.6 Å². The second-order valence-corrected chi connectivity index (χ2v) is 7.46. The fourth-order valence-corrected chi connectivity index (χ4v) is 4.01. The molecule has 2 fully saturated rings. The number of carbonyl (C=O) groups is 1. The number of morpholine rings is 1. The van der Waals surface area contributed by atoms with Crippen LogP contribution in [0.4, 0.5) is 0 Å². The first-order valence-corrected chi connectivity index (χ1v) is 9.45. The van der Waals surface area contributed by atoms with E-state index in [1.807, 2.05) is 11.8 Å². The number of aryl methyl sites for hydroxylation is 1. The third-order valence-corrected chi connectivity index (χ3v) is 5.45. The van der Waals surface area contributed by atoms with Crippen LogP contribution in [0.5, 0.6) is 0 Å². The van der Waals surface area contributed by atoms with Gasteiger partial charge >= 0.3 is 0 Å². The third kappa shape index (κ3) is 3.85. The van der Waals surface area contributed by atoms with Gasteiger partial charge in [-0.15, -0.1) is 0 Å². The summed E-state index contributed by atoms with van der Waals surface area (Å²) in [7, 11) is 0. The van der Waals surface area contributed by atoms with Gasteiger partial charge in [-0.1, -0.05) is 27.2 Å². The Morgan fingerprint density at radius 1 is 1.32 bits per heavy atom. The minimum Gasteiger partial charge on any atom is -0.379 e. The molecule has 138 valence electrons. The van der Waals surface area contributed by atoms with Crippen LogP contribution in [0.3, 0.4) is 0 Å². The first-order valence-electron chi connectivity index (χ1n) is 9.45. The highest BCUT2D eigenvalue weighted by atomic mass is 16.5. The minimum atomic E-state index is 0.0814. The van der Waals surface area contributed by atoms with E-state index in [-0.39, 0.29) is 11.8 Å². The van der Waals surface area contributed by atoms with Crippen molar-refractivity contribution in [2.75, 3.05) is 39.4 Å². The maximum Gasteiger partial charge on any atom is 0.257 e. The predicted octanol–water partition coefficient (Wildman–Crippen LogP) is 2.09. The fourth-order valence-electron chi connectivity index (χ4n) is 4.01. The minimum absolute atomic E-state index is 0.0814. The number of carbonyl (C=O) groups excluding carboxylic acids is 1. The lowest BCUT2D eigenvalue weighted by molar-refractivity contribution is 0.0103. The molecule has 1 amide bonds. The van der Waals surface area contributed by atoms with Gasteiger partial charge in [0.2, 0.25) is 0 Å². The van der Waals surface area contributed by atoms with E-state index in [1.54, 1.807) is 6.20 Å². The van der Waals surface area contributed by atoms with Crippen LogP contribution in [0.25, 0.3) is 0 Å². The molecule has 6 nitrogen and oxygen atoms in total. The SMILES string of the molecule is CC[C@H]1CN(C(=O)c2cnc(C)nc2C(C)C)C[C@@H]1N1CCOCC1. The van der Waals surface area contributed by atoms with Crippen molar-refractivity contribution in [3.63, 3.8) is 0 Å². The Hall–Kier alpha value is -1.53. The molecular formula is C19H30N4O2. The second-order valence-electron chi connectivity index (χ2n) is 7.46. The van der Waals surface area contributed by atoms with Crippen LogP contribution in [0.2, 0.25) is 0 Å². The Morgan fingerprint density at radius 3 is 2.68 bits per heavy atom. The van der Waals surface area contributed by atoms with Gasteiger partial charge in [0.25, 0.3) is 5.91 Å². The lowest BCUT2D eigenvalue weighted by Gasteiger charge is -2.34. The Balaban J connectivity index is 1.79. The molecule has 25 heavy (non-hydrogen) atoms. The predicted molar refractivity (Wildman–Crippen MR) is 96.7 cm³/mol. The van der Waals surface area contributed by atoms with Gasteiger partial charge in [-0.25, -0.2) is 9.97 Å². The largest absolute Gasteiger partial charge is 0.379 e. The highest BCUT2D eigenvalue weighted by Gasteiger charge is 2.39. The van der Waals surface area contributed by atoms with E-state index < -0.39 is 0 Å². The van der Waals surface area contributed by atoms with E-state index in [2.05, 4.69) is 35.6 Å². The summed E-state index contributed by atoms with van der Waals surface area (Å²) in [5.74, 6) is 1.54. The molecule has 1 aromatic heterocycles. The van der Waals surface area contributed by atoms with Crippen molar-refractivity contribution in [2.24, 2.45) is 5.92 Å². The quantitative estimate of drug-likeness (QED) is 0.835. The molecule has 2 saturated heterocycles. The molecule has 2 aliphatic rings. The van der Waals surface area contributed by atoms with Crippen LogP contribution in [-0.4, -0.2) is 71.1 Å². The van der Waals surface area contributed by atoms with E-state index in [4.69, 9.17) is 4.74 Å². The summed E-state index contributed by atoms with van der Waals surface area (Å²) < 4.78 is 5.49. The van der Waals surface area contributed by atoms with E-state index in [1.165, 1.54) is 0 Å². The number of rotatable bonds is 4. The first-order chi connectivity index (χ1) is 12.0. The van der Waals surface area contributed by atoms with Gasteiger partial charge in [-0.2, -0.15) is 0 Å². The highest BCUT2D eigenvalue weighted by molar-refractivity contribution is 5.95. The van der Waals surface area contributed by atoms with Crippen molar-refractivity contribution >= 4 is 5.91 Å². The van der Waals surface area contributed by atoms with E-state index >= 15 is 0 Å². The van der Waals surface area contributed by atoms with Gasteiger partial charge in [0, 0.05) is 38.4 Å². The number of amides is 1. The lowest BCUT2D eigenvalue weighted by Crippen LogP contribution is -2.47. The Kier molecular flexibility index (Phi) is 5.69. The standard InChI is InChI=1S/C19H30N4O2/c1-5-15-11-23(12-17(15)22-6-8-25-9-7-22)19(24)16-10-20-14(4)21-18(16)13(2)3/h10,13,15,17H,5-9,11-12H2,1-4H3/t15-,17-/m0/s1. The Bertz CT molecular complexity index is 613. The molecule has 0 bridgehead atoms. The zero-order valence-electron chi connectivity index (χ0n) is 15.9. The average Bonchev–Trinajstić information content (AvgIpc) is 3.06. The number of hydrogen-bond donors (Lipinski definition) is 0. The molecule has 0 aliphatic carbocycles. The molecule has 1 aromatic rings. The first kappa shape index (κ1) is 18.3. The molecule has 0 radical (unpaired) electrons. The zero-order chi connectivity index (χ0) is 18.0. The number of aromatic nitrogens is 2. The van der Waals surface area contributed by atoms with Gasteiger partial charge in [0.1, 0.15) is 5.82 Å². The summed E-state index contributed by atoms with van der Waals surface area (Å²) in [5.41, 5.74) is 1.53. The number of hydrogen-bond acceptors (Lipinski definition) is 5. The molecule has 0 aromatic carbocycles. The van der Waals surface area contributed by atoms with Crippen molar-refractivity contribution < 1.29 is 9.53 Å². The van der Waals surface area contributed by atoms with Gasteiger partial charge in [0.05, 0.1) is 24.5 Å². The van der Waals surface area contributed by atoms with Crippen molar-refractivity contribution in [3.8, 4) is 0 Å².